The lowest BCUT2D eigenvalue weighted by atomic mass is 10.1. The third kappa shape index (κ3) is 3.53. The molecule has 0 bridgehead atoms. The Bertz CT molecular complexity index is 531. The zero-order valence-electron chi connectivity index (χ0n) is 12.1. The van der Waals surface area contributed by atoms with Crippen LogP contribution in [0.4, 0.5) is 10.1 Å². The summed E-state index contributed by atoms with van der Waals surface area (Å²) in [7, 11) is 1.57. The largest absolute Gasteiger partial charge is 0.341 e. The SMILES string of the molecule is CCC(C)CN(C)C(=O)c1cc([N+](=O)[O-])cc(C)c1F. The highest BCUT2D eigenvalue weighted by atomic mass is 19.1. The molecular weight excluding hydrogens is 263 g/mol. The number of non-ortho nitro benzene ring substituents is 1. The van der Waals surface area contributed by atoms with Gasteiger partial charge in [0.05, 0.1) is 10.5 Å². The van der Waals surface area contributed by atoms with E-state index in [2.05, 4.69) is 0 Å². The van der Waals surface area contributed by atoms with E-state index in [1.54, 1.807) is 7.05 Å². The van der Waals surface area contributed by atoms with Gasteiger partial charge in [-0.25, -0.2) is 4.39 Å². The maximum atomic E-state index is 14.0. The molecule has 1 aromatic carbocycles. The molecular formula is C14H19FN2O3. The van der Waals surface area contributed by atoms with Crippen LogP contribution in [0.3, 0.4) is 0 Å². The summed E-state index contributed by atoms with van der Waals surface area (Å²) < 4.78 is 14.0. The van der Waals surface area contributed by atoms with E-state index >= 15 is 0 Å². The highest BCUT2D eigenvalue weighted by Gasteiger charge is 2.22. The molecule has 0 spiro atoms. The quantitative estimate of drug-likeness (QED) is 0.615. The molecule has 20 heavy (non-hydrogen) atoms. The van der Waals surface area contributed by atoms with Gasteiger partial charge in [0.25, 0.3) is 11.6 Å². The van der Waals surface area contributed by atoms with E-state index < -0.39 is 16.6 Å². The summed E-state index contributed by atoms with van der Waals surface area (Å²) in [5.74, 6) is -0.946. The third-order valence-electron chi connectivity index (χ3n) is 3.31. The lowest BCUT2D eigenvalue weighted by Gasteiger charge is -2.21. The number of nitro groups is 1. The highest BCUT2D eigenvalue weighted by molar-refractivity contribution is 5.95. The molecule has 0 saturated carbocycles. The second-order valence-corrected chi connectivity index (χ2v) is 5.08. The van der Waals surface area contributed by atoms with Crippen molar-refractivity contribution in [2.75, 3.05) is 13.6 Å². The summed E-state index contributed by atoms with van der Waals surface area (Å²) in [5, 5.41) is 10.8. The predicted octanol–water partition coefficient (Wildman–Crippen LogP) is 3.16. The molecule has 0 radical (unpaired) electrons. The maximum absolute atomic E-state index is 14.0. The second kappa shape index (κ2) is 6.45. The maximum Gasteiger partial charge on any atom is 0.270 e. The first-order chi connectivity index (χ1) is 9.27. The Labute approximate surface area is 117 Å². The van der Waals surface area contributed by atoms with Crippen molar-refractivity contribution in [3.8, 4) is 0 Å². The van der Waals surface area contributed by atoms with Gasteiger partial charge < -0.3 is 4.90 Å². The molecule has 0 aliphatic rings. The number of nitro benzene ring substituents is 1. The zero-order chi connectivity index (χ0) is 15.4. The standard InChI is InChI=1S/C14H19FN2O3/c1-5-9(2)8-16(4)14(18)12-7-11(17(19)20)6-10(3)13(12)15/h6-7,9H,5,8H2,1-4H3. The van der Waals surface area contributed by atoms with E-state index in [9.17, 15) is 19.3 Å². The molecule has 5 nitrogen and oxygen atoms in total. The fourth-order valence-electron chi connectivity index (χ4n) is 1.90. The molecule has 1 amide bonds. The van der Waals surface area contributed by atoms with Crippen molar-refractivity contribution >= 4 is 11.6 Å². The van der Waals surface area contributed by atoms with Crippen molar-refractivity contribution in [2.45, 2.75) is 27.2 Å². The molecule has 110 valence electrons. The van der Waals surface area contributed by atoms with E-state index in [1.807, 2.05) is 13.8 Å². The number of carbonyl (C=O) groups is 1. The van der Waals surface area contributed by atoms with Crippen molar-refractivity contribution < 1.29 is 14.1 Å². The first-order valence-corrected chi connectivity index (χ1v) is 6.47. The fraction of sp³-hybridized carbons (Fsp3) is 0.500. The molecule has 0 N–H and O–H groups in total. The van der Waals surface area contributed by atoms with Crippen LogP contribution in [-0.4, -0.2) is 29.3 Å². The first kappa shape index (κ1) is 16.1. The fourth-order valence-corrected chi connectivity index (χ4v) is 1.90. The van der Waals surface area contributed by atoms with Gasteiger partial charge in [-0.2, -0.15) is 0 Å². The normalized spacial score (nSPS) is 12.1. The van der Waals surface area contributed by atoms with Gasteiger partial charge in [0.2, 0.25) is 0 Å². The second-order valence-electron chi connectivity index (χ2n) is 5.08. The average molecular weight is 282 g/mol. The van der Waals surface area contributed by atoms with Crippen LogP contribution < -0.4 is 0 Å². The van der Waals surface area contributed by atoms with Gasteiger partial charge >= 0.3 is 0 Å². The van der Waals surface area contributed by atoms with Crippen LogP contribution in [0.15, 0.2) is 12.1 Å². The number of hydrogen-bond acceptors (Lipinski definition) is 3. The Morgan fingerprint density at radius 2 is 2.10 bits per heavy atom. The summed E-state index contributed by atoms with van der Waals surface area (Å²) in [5.41, 5.74) is -0.425. The molecule has 1 aromatic rings. The Hall–Kier alpha value is -1.98. The van der Waals surface area contributed by atoms with Crippen LogP contribution in [0.2, 0.25) is 0 Å². The third-order valence-corrected chi connectivity index (χ3v) is 3.31. The number of aryl methyl sites for hydroxylation is 1. The molecule has 0 heterocycles. The Morgan fingerprint density at radius 1 is 1.50 bits per heavy atom. The molecule has 1 unspecified atom stereocenters. The summed E-state index contributed by atoms with van der Waals surface area (Å²) in [6, 6.07) is 2.12. The van der Waals surface area contributed by atoms with Crippen molar-refractivity contribution in [1.82, 2.24) is 4.90 Å². The number of hydrogen-bond donors (Lipinski definition) is 0. The molecule has 0 fully saturated rings. The smallest absolute Gasteiger partial charge is 0.270 e. The minimum Gasteiger partial charge on any atom is -0.341 e. The number of nitrogens with zero attached hydrogens (tertiary/aromatic N) is 2. The minimum absolute atomic E-state index is 0.0967. The van der Waals surface area contributed by atoms with Crippen molar-refractivity contribution in [3.63, 3.8) is 0 Å². The van der Waals surface area contributed by atoms with Gasteiger partial charge in [-0.15, -0.1) is 0 Å². The molecule has 0 aliphatic heterocycles. The van der Waals surface area contributed by atoms with Crippen LogP contribution in [0.1, 0.15) is 36.2 Å². The Kier molecular flexibility index (Phi) is 5.19. The monoisotopic (exact) mass is 282 g/mol. The number of amides is 1. The topological polar surface area (TPSA) is 63.5 Å². The van der Waals surface area contributed by atoms with Gasteiger partial charge in [0, 0.05) is 25.7 Å². The number of benzene rings is 1. The molecule has 0 aromatic heterocycles. The summed E-state index contributed by atoms with van der Waals surface area (Å²) in [6.07, 6.45) is 0.897. The van der Waals surface area contributed by atoms with Gasteiger partial charge in [-0.05, 0) is 18.4 Å². The van der Waals surface area contributed by atoms with Gasteiger partial charge in [0.1, 0.15) is 5.82 Å². The van der Waals surface area contributed by atoms with E-state index in [1.165, 1.54) is 11.8 Å². The number of rotatable bonds is 5. The van der Waals surface area contributed by atoms with Crippen LogP contribution in [0.25, 0.3) is 0 Å². The zero-order valence-corrected chi connectivity index (χ0v) is 12.1. The van der Waals surface area contributed by atoms with Gasteiger partial charge in [0.15, 0.2) is 0 Å². The molecule has 0 saturated heterocycles. The van der Waals surface area contributed by atoms with Crippen LogP contribution in [0.5, 0.6) is 0 Å². The first-order valence-electron chi connectivity index (χ1n) is 6.47. The lowest BCUT2D eigenvalue weighted by molar-refractivity contribution is -0.385. The number of carbonyl (C=O) groups excluding carboxylic acids is 1. The van der Waals surface area contributed by atoms with Crippen LogP contribution >= 0.6 is 0 Å². The highest BCUT2D eigenvalue weighted by Crippen LogP contribution is 2.22. The van der Waals surface area contributed by atoms with Gasteiger partial charge in [-0.3, -0.25) is 14.9 Å². The van der Waals surface area contributed by atoms with Crippen LogP contribution in [-0.2, 0) is 0 Å². The van der Waals surface area contributed by atoms with Crippen molar-refractivity contribution in [3.05, 3.63) is 39.2 Å². The Morgan fingerprint density at radius 3 is 2.60 bits per heavy atom. The summed E-state index contributed by atoms with van der Waals surface area (Å²) in [6.45, 7) is 5.88. The van der Waals surface area contributed by atoms with Crippen molar-refractivity contribution in [2.24, 2.45) is 5.92 Å². The molecule has 1 rings (SSSR count). The molecule has 1 atom stereocenters. The van der Waals surface area contributed by atoms with Gasteiger partial charge in [-0.1, -0.05) is 20.3 Å². The van der Waals surface area contributed by atoms with Crippen molar-refractivity contribution in [1.29, 1.82) is 0 Å². The average Bonchev–Trinajstić information content (AvgIpc) is 2.40. The van der Waals surface area contributed by atoms with E-state index in [0.29, 0.717) is 6.54 Å². The van der Waals surface area contributed by atoms with E-state index in [4.69, 9.17) is 0 Å². The number of halogens is 1. The minimum atomic E-state index is -0.698. The van der Waals surface area contributed by atoms with Crippen LogP contribution in [0, 0.1) is 28.8 Å². The predicted molar refractivity (Wildman–Crippen MR) is 74.2 cm³/mol. The van der Waals surface area contributed by atoms with E-state index in [-0.39, 0.29) is 22.7 Å². The molecule has 6 heteroatoms. The summed E-state index contributed by atoms with van der Waals surface area (Å²) >= 11 is 0. The summed E-state index contributed by atoms with van der Waals surface area (Å²) in [4.78, 5) is 23.8. The Balaban J connectivity index is 3.12. The molecule has 0 aliphatic carbocycles. The van der Waals surface area contributed by atoms with E-state index in [0.717, 1.165) is 18.6 Å². The lowest BCUT2D eigenvalue weighted by Crippen LogP contribution is -2.31.